The molecule has 0 saturated carbocycles. The fourth-order valence-electron chi connectivity index (χ4n) is 3.03. The van der Waals surface area contributed by atoms with Gasteiger partial charge in [-0.05, 0) is 58.6 Å². The third-order valence-electron chi connectivity index (χ3n) is 3.95. The lowest BCUT2D eigenvalue weighted by Crippen LogP contribution is -2.21. The summed E-state index contributed by atoms with van der Waals surface area (Å²) in [5.41, 5.74) is 1.33. The largest absolute Gasteiger partial charge is 0.466 e. The van der Waals surface area contributed by atoms with Gasteiger partial charge in [-0.15, -0.1) is 0 Å². The normalized spacial score (nSPS) is 20.9. The van der Waals surface area contributed by atoms with Gasteiger partial charge < -0.3 is 14.5 Å². The van der Waals surface area contributed by atoms with Crippen LogP contribution in [0.2, 0.25) is 0 Å². The summed E-state index contributed by atoms with van der Waals surface area (Å²) < 4.78 is 11.3. The second kappa shape index (κ2) is 7.11. The first-order valence-corrected chi connectivity index (χ1v) is 7.62. The Morgan fingerprint density at radius 2 is 2.26 bits per heavy atom. The van der Waals surface area contributed by atoms with Crippen molar-refractivity contribution in [2.75, 3.05) is 13.2 Å². The fraction of sp³-hybridized carbons (Fsp3) is 0.750. The Balaban J connectivity index is 1.86. The van der Waals surface area contributed by atoms with Gasteiger partial charge in [-0.3, -0.25) is 0 Å². The topological polar surface area (TPSA) is 34.4 Å². The van der Waals surface area contributed by atoms with Crippen molar-refractivity contribution in [3.8, 4) is 0 Å². The summed E-state index contributed by atoms with van der Waals surface area (Å²) in [7, 11) is 0. The Bertz CT molecular complexity index is 380. The van der Waals surface area contributed by atoms with Crippen LogP contribution in [0.1, 0.15) is 62.2 Å². The number of rotatable bonds is 7. The van der Waals surface area contributed by atoms with Crippen LogP contribution in [0, 0.1) is 13.8 Å². The number of furan rings is 1. The van der Waals surface area contributed by atoms with Gasteiger partial charge in [-0.25, -0.2) is 0 Å². The standard InChI is InChI=1S/C16H27NO2/c1-4-17-16(15-11-12(2)19-13(15)3)9-5-7-14-8-6-10-18-14/h11,14,16-17H,4-10H2,1-3H3. The van der Waals surface area contributed by atoms with Gasteiger partial charge in [0.05, 0.1) is 6.10 Å². The maximum absolute atomic E-state index is 5.69. The molecule has 1 fully saturated rings. The zero-order valence-corrected chi connectivity index (χ0v) is 12.5. The summed E-state index contributed by atoms with van der Waals surface area (Å²) in [6, 6.07) is 2.60. The molecule has 0 aliphatic carbocycles. The molecule has 1 aromatic rings. The van der Waals surface area contributed by atoms with Gasteiger partial charge in [-0.2, -0.15) is 0 Å². The molecule has 0 spiro atoms. The lowest BCUT2D eigenvalue weighted by molar-refractivity contribution is 0.101. The first-order valence-electron chi connectivity index (χ1n) is 7.62. The van der Waals surface area contributed by atoms with Crippen LogP contribution >= 0.6 is 0 Å². The van der Waals surface area contributed by atoms with E-state index in [1.807, 2.05) is 6.92 Å². The van der Waals surface area contributed by atoms with E-state index in [4.69, 9.17) is 9.15 Å². The molecule has 19 heavy (non-hydrogen) atoms. The quantitative estimate of drug-likeness (QED) is 0.812. The predicted molar refractivity (Wildman–Crippen MR) is 77.4 cm³/mol. The summed E-state index contributed by atoms with van der Waals surface area (Å²) in [6.07, 6.45) is 6.56. The van der Waals surface area contributed by atoms with Gasteiger partial charge >= 0.3 is 0 Å². The fourth-order valence-corrected chi connectivity index (χ4v) is 3.03. The molecule has 3 nitrogen and oxygen atoms in total. The minimum absolute atomic E-state index is 0.420. The highest BCUT2D eigenvalue weighted by atomic mass is 16.5. The summed E-state index contributed by atoms with van der Waals surface area (Å²) in [6.45, 7) is 8.20. The van der Waals surface area contributed by atoms with E-state index >= 15 is 0 Å². The van der Waals surface area contributed by atoms with Crippen molar-refractivity contribution in [3.05, 3.63) is 23.2 Å². The molecule has 1 aliphatic heterocycles. The first kappa shape index (κ1) is 14.6. The summed E-state index contributed by atoms with van der Waals surface area (Å²) in [5, 5.41) is 3.58. The van der Waals surface area contributed by atoms with Crippen LogP contribution in [0.5, 0.6) is 0 Å². The van der Waals surface area contributed by atoms with E-state index in [0.29, 0.717) is 12.1 Å². The Hall–Kier alpha value is -0.800. The molecule has 0 bridgehead atoms. The molecule has 0 radical (unpaired) electrons. The van der Waals surface area contributed by atoms with E-state index in [1.54, 1.807) is 0 Å². The maximum atomic E-state index is 5.69. The highest BCUT2D eigenvalue weighted by Gasteiger charge is 2.19. The molecule has 1 saturated heterocycles. The van der Waals surface area contributed by atoms with Crippen molar-refractivity contribution in [1.82, 2.24) is 5.32 Å². The number of hydrogen-bond donors (Lipinski definition) is 1. The zero-order valence-electron chi connectivity index (χ0n) is 12.5. The molecular weight excluding hydrogens is 238 g/mol. The lowest BCUT2D eigenvalue weighted by Gasteiger charge is -2.18. The first-order chi connectivity index (χ1) is 9.20. The van der Waals surface area contributed by atoms with E-state index in [-0.39, 0.29) is 0 Å². The van der Waals surface area contributed by atoms with Crippen LogP contribution in [0.3, 0.4) is 0 Å². The molecule has 1 aromatic heterocycles. The molecule has 1 N–H and O–H groups in total. The second-order valence-corrected chi connectivity index (χ2v) is 5.54. The molecule has 2 unspecified atom stereocenters. The van der Waals surface area contributed by atoms with Gasteiger partial charge in [0.25, 0.3) is 0 Å². The molecule has 0 aromatic carbocycles. The van der Waals surface area contributed by atoms with Gasteiger partial charge in [-0.1, -0.05) is 6.92 Å². The number of aryl methyl sites for hydroxylation is 2. The highest BCUT2D eigenvalue weighted by molar-refractivity contribution is 5.24. The minimum Gasteiger partial charge on any atom is -0.466 e. The summed E-state index contributed by atoms with van der Waals surface area (Å²) in [4.78, 5) is 0. The van der Waals surface area contributed by atoms with Gasteiger partial charge in [0.2, 0.25) is 0 Å². The molecule has 2 rings (SSSR count). The number of nitrogens with one attached hydrogen (secondary N) is 1. The smallest absolute Gasteiger partial charge is 0.105 e. The van der Waals surface area contributed by atoms with Crippen molar-refractivity contribution in [1.29, 1.82) is 0 Å². The van der Waals surface area contributed by atoms with E-state index in [1.165, 1.54) is 31.2 Å². The number of hydrogen-bond acceptors (Lipinski definition) is 3. The average molecular weight is 265 g/mol. The maximum Gasteiger partial charge on any atom is 0.105 e. The highest BCUT2D eigenvalue weighted by Crippen LogP contribution is 2.27. The van der Waals surface area contributed by atoms with Crippen LogP contribution in [0.25, 0.3) is 0 Å². The van der Waals surface area contributed by atoms with Crippen LogP contribution in [-0.4, -0.2) is 19.3 Å². The Morgan fingerprint density at radius 1 is 1.42 bits per heavy atom. The molecule has 2 atom stereocenters. The van der Waals surface area contributed by atoms with Crippen LogP contribution in [-0.2, 0) is 4.74 Å². The van der Waals surface area contributed by atoms with E-state index in [2.05, 4.69) is 25.2 Å². The third-order valence-corrected chi connectivity index (χ3v) is 3.95. The molecule has 0 amide bonds. The van der Waals surface area contributed by atoms with Gasteiger partial charge in [0, 0.05) is 18.2 Å². The van der Waals surface area contributed by atoms with Gasteiger partial charge in [0.15, 0.2) is 0 Å². The summed E-state index contributed by atoms with van der Waals surface area (Å²) in [5.74, 6) is 2.06. The van der Waals surface area contributed by atoms with Crippen LogP contribution < -0.4 is 5.32 Å². The summed E-state index contributed by atoms with van der Waals surface area (Å²) >= 11 is 0. The molecule has 1 aliphatic rings. The lowest BCUT2D eigenvalue weighted by atomic mass is 9.99. The van der Waals surface area contributed by atoms with Crippen molar-refractivity contribution in [2.45, 2.75) is 65.0 Å². The average Bonchev–Trinajstić information content (AvgIpc) is 2.98. The minimum atomic E-state index is 0.420. The Kier molecular flexibility index (Phi) is 5.46. The van der Waals surface area contributed by atoms with Crippen LogP contribution in [0.4, 0.5) is 0 Å². The second-order valence-electron chi connectivity index (χ2n) is 5.54. The van der Waals surface area contributed by atoms with Crippen molar-refractivity contribution in [2.24, 2.45) is 0 Å². The third kappa shape index (κ3) is 4.08. The molecule has 108 valence electrons. The number of ether oxygens (including phenoxy) is 1. The Morgan fingerprint density at radius 3 is 2.84 bits per heavy atom. The van der Waals surface area contributed by atoms with Crippen molar-refractivity contribution in [3.63, 3.8) is 0 Å². The van der Waals surface area contributed by atoms with Gasteiger partial charge in [0.1, 0.15) is 11.5 Å². The zero-order chi connectivity index (χ0) is 13.7. The van der Waals surface area contributed by atoms with Crippen molar-refractivity contribution < 1.29 is 9.15 Å². The molecular formula is C16H27NO2. The molecule has 3 heteroatoms. The van der Waals surface area contributed by atoms with E-state index in [0.717, 1.165) is 31.1 Å². The van der Waals surface area contributed by atoms with E-state index in [9.17, 15) is 0 Å². The Labute approximate surface area is 116 Å². The monoisotopic (exact) mass is 265 g/mol. The predicted octanol–water partition coefficient (Wildman–Crippen LogP) is 3.90. The van der Waals surface area contributed by atoms with E-state index < -0.39 is 0 Å². The van der Waals surface area contributed by atoms with Crippen molar-refractivity contribution >= 4 is 0 Å². The SMILES string of the molecule is CCNC(CCCC1CCCO1)c1cc(C)oc1C. The van der Waals surface area contributed by atoms with Crippen LogP contribution in [0.15, 0.2) is 10.5 Å². The molecule has 2 heterocycles.